The van der Waals surface area contributed by atoms with Crippen molar-refractivity contribution in [1.82, 2.24) is 16.0 Å². The van der Waals surface area contributed by atoms with E-state index in [9.17, 15) is 4.79 Å². The average Bonchev–Trinajstić information content (AvgIpc) is 2.98. The third kappa shape index (κ3) is 6.48. The second-order valence-electron chi connectivity index (χ2n) is 6.90. The summed E-state index contributed by atoms with van der Waals surface area (Å²) in [5.74, 6) is 0.948. The largest absolute Gasteiger partial charge is 0.468 e. The molecule has 0 spiro atoms. The number of carbonyl (C=O) groups excluding carboxylic acids is 1. The van der Waals surface area contributed by atoms with E-state index in [-0.39, 0.29) is 41.8 Å². The minimum absolute atomic E-state index is 0. The van der Waals surface area contributed by atoms with Gasteiger partial charge >= 0.3 is 0 Å². The molecule has 1 aromatic heterocycles. The number of rotatable bonds is 7. The van der Waals surface area contributed by atoms with Gasteiger partial charge < -0.3 is 15.1 Å². The Morgan fingerprint density at radius 2 is 1.92 bits per heavy atom. The van der Waals surface area contributed by atoms with Crippen LogP contribution in [0, 0.1) is 0 Å². The highest BCUT2D eigenvalue weighted by molar-refractivity contribution is 5.96. The summed E-state index contributed by atoms with van der Waals surface area (Å²) in [5, 5.41) is 9.74. The molecule has 0 unspecified atom stereocenters. The second kappa shape index (κ2) is 9.47. The molecule has 0 atom stereocenters. The van der Waals surface area contributed by atoms with Crippen LogP contribution in [-0.2, 0) is 11.3 Å². The van der Waals surface area contributed by atoms with Gasteiger partial charge in [0.25, 0.3) is 0 Å². The van der Waals surface area contributed by atoms with Crippen molar-refractivity contribution in [2.45, 2.75) is 51.7 Å². The van der Waals surface area contributed by atoms with Crippen LogP contribution in [0.5, 0.6) is 0 Å². The molecule has 1 aliphatic rings. The molecule has 1 amide bonds. The molecule has 0 saturated heterocycles. The van der Waals surface area contributed by atoms with Gasteiger partial charge in [-0.15, -0.1) is 24.8 Å². The lowest BCUT2D eigenvalue weighted by Crippen LogP contribution is -2.47. The summed E-state index contributed by atoms with van der Waals surface area (Å²) < 4.78 is 5.24. The van der Waals surface area contributed by atoms with Crippen LogP contribution >= 0.6 is 24.8 Å². The summed E-state index contributed by atoms with van der Waals surface area (Å²) >= 11 is 0. The smallest absolute Gasteiger partial charge is 0.248 e. The van der Waals surface area contributed by atoms with E-state index in [1.165, 1.54) is 0 Å². The summed E-state index contributed by atoms with van der Waals surface area (Å²) in [6.45, 7) is 10.5. The lowest BCUT2D eigenvalue weighted by atomic mass is 9.96. The molecule has 1 aromatic rings. The van der Waals surface area contributed by atoms with Gasteiger partial charge in [-0.2, -0.15) is 0 Å². The molecule has 0 bridgehead atoms. The first kappa shape index (κ1) is 23.0. The Balaban J connectivity index is 0.00000264. The number of furan rings is 1. The van der Waals surface area contributed by atoms with Crippen LogP contribution in [0.3, 0.4) is 0 Å². The van der Waals surface area contributed by atoms with Gasteiger partial charge in [0.15, 0.2) is 0 Å². The minimum Gasteiger partial charge on any atom is -0.468 e. The molecule has 5 nitrogen and oxygen atoms in total. The predicted octanol–water partition coefficient (Wildman–Crippen LogP) is 2.81. The predicted molar refractivity (Wildman–Crippen MR) is 102 cm³/mol. The molecule has 0 saturated carbocycles. The lowest BCUT2D eigenvalue weighted by Gasteiger charge is -2.27. The van der Waals surface area contributed by atoms with Crippen molar-refractivity contribution in [1.29, 1.82) is 0 Å². The fourth-order valence-corrected chi connectivity index (χ4v) is 2.93. The number of carbonyl (C=O) groups is 1. The van der Waals surface area contributed by atoms with Gasteiger partial charge in [0.1, 0.15) is 5.76 Å². The van der Waals surface area contributed by atoms with Crippen LogP contribution in [0.4, 0.5) is 0 Å². The lowest BCUT2D eigenvalue weighted by molar-refractivity contribution is -0.118. The normalized spacial score (nSPS) is 17.4. The molecule has 0 fully saturated rings. The highest BCUT2D eigenvalue weighted by Crippen LogP contribution is 2.29. The van der Waals surface area contributed by atoms with Crippen molar-refractivity contribution in [3.8, 4) is 0 Å². The van der Waals surface area contributed by atoms with Crippen LogP contribution in [-0.4, -0.2) is 30.1 Å². The number of amides is 1. The van der Waals surface area contributed by atoms with Crippen LogP contribution in [0.1, 0.15) is 39.9 Å². The van der Waals surface area contributed by atoms with Crippen molar-refractivity contribution < 1.29 is 9.21 Å². The molecule has 0 aliphatic carbocycles. The minimum atomic E-state index is -0.287. The van der Waals surface area contributed by atoms with E-state index in [1.54, 1.807) is 6.26 Å². The SMILES string of the molecule is CC1(C)C=C(C(=O)NCCCNCc2ccco2)C(C)(C)N1.Cl.Cl. The van der Waals surface area contributed by atoms with Gasteiger partial charge in [-0.25, -0.2) is 0 Å². The second-order valence-corrected chi connectivity index (χ2v) is 6.90. The monoisotopic (exact) mass is 377 g/mol. The van der Waals surface area contributed by atoms with E-state index in [0.717, 1.165) is 30.8 Å². The standard InChI is InChI=1S/C17H27N3O2.2ClH/c1-16(2)11-14(17(3,4)20-16)15(21)19-9-6-8-18-12-13-7-5-10-22-13;;/h5,7,10-11,18,20H,6,8-9,12H2,1-4H3,(H,19,21);2*1H. The van der Waals surface area contributed by atoms with Gasteiger partial charge in [0, 0.05) is 23.2 Å². The number of nitrogens with one attached hydrogen (secondary N) is 3. The zero-order valence-corrected chi connectivity index (χ0v) is 16.4. The number of hydrogen-bond donors (Lipinski definition) is 3. The molecule has 0 aromatic carbocycles. The van der Waals surface area contributed by atoms with Crippen LogP contribution < -0.4 is 16.0 Å². The van der Waals surface area contributed by atoms with Crippen LogP contribution in [0.25, 0.3) is 0 Å². The van der Waals surface area contributed by atoms with E-state index in [2.05, 4.69) is 29.8 Å². The summed E-state index contributed by atoms with van der Waals surface area (Å²) in [6.07, 6.45) is 4.58. The quantitative estimate of drug-likeness (QED) is 0.639. The maximum absolute atomic E-state index is 12.3. The Morgan fingerprint density at radius 1 is 1.21 bits per heavy atom. The molecule has 1 aliphatic heterocycles. The van der Waals surface area contributed by atoms with E-state index in [0.29, 0.717) is 6.54 Å². The van der Waals surface area contributed by atoms with Crippen LogP contribution in [0.15, 0.2) is 34.5 Å². The molecule has 24 heavy (non-hydrogen) atoms. The molecule has 3 N–H and O–H groups in total. The molecule has 138 valence electrons. The summed E-state index contributed by atoms with van der Waals surface area (Å²) in [5.41, 5.74) is 0.396. The van der Waals surface area contributed by atoms with Gasteiger partial charge in [0.05, 0.1) is 12.8 Å². The maximum Gasteiger partial charge on any atom is 0.248 e. The molecule has 7 heteroatoms. The van der Waals surface area contributed by atoms with Crippen molar-refractivity contribution in [2.24, 2.45) is 0 Å². The first-order valence-corrected chi connectivity index (χ1v) is 7.84. The Kier molecular flexibility index (Phi) is 9.07. The zero-order valence-electron chi connectivity index (χ0n) is 14.8. The summed E-state index contributed by atoms with van der Waals surface area (Å²) in [4.78, 5) is 12.3. The van der Waals surface area contributed by atoms with Gasteiger partial charge in [-0.3, -0.25) is 10.1 Å². The Morgan fingerprint density at radius 3 is 2.46 bits per heavy atom. The summed E-state index contributed by atoms with van der Waals surface area (Å²) in [7, 11) is 0. The first-order chi connectivity index (χ1) is 10.3. The van der Waals surface area contributed by atoms with E-state index in [1.807, 2.05) is 32.1 Å². The highest BCUT2D eigenvalue weighted by atomic mass is 35.5. The highest BCUT2D eigenvalue weighted by Gasteiger charge is 2.39. The van der Waals surface area contributed by atoms with E-state index in [4.69, 9.17) is 4.42 Å². The Hall–Kier alpha value is -1.01. The molecule has 2 heterocycles. The van der Waals surface area contributed by atoms with Crippen molar-refractivity contribution >= 4 is 30.7 Å². The van der Waals surface area contributed by atoms with Crippen molar-refractivity contribution in [3.63, 3.8) is 0 Å². The Bertz CT molecular complexity index is 540. The van der Waals surface area contributed by atoms with E-state index < -0.39 is 0 Å². The zero-order chi connectivity index (χ0) is 16.2. The molecule has 0 radical (unpaired) electrons. The average molecular weight is 378 g/mol. The van der Waals surface area contributed by atoms with Crippen LogP contribution in [0.2, 0.25) is 0 Å². The molecular formula is C17H29Cl2N3O2. The first-order valence-electron chi connectivity index (χ1n) is 7.84. The number of hydrogen-bond acceptors (Lipinski definition) is 4. The molecule has 2 rings (SSSR count). The Labute approximate surface area is 156 Å². The molecular weight excluding hydrogens is 349 g/mol. The fraction of sp³-hybridized carbons (Fsp3) is 0.588. The third-order valence-electron chi connectivity index (χ3n) is 3.75. The van der Waals surface area contributed by atoms with Crippen molar-refractivity contribution in [2.75, 3.05) is 13.1 Å². The van der Waals surface area contributed by atoms with E-state index >= 15 is 0 Å². The van der Waals surface area contributed by atoms with Gasteiger partial charge in [-0.05, 0) is 52.8 Å². The maximum atomic E-state index is 12.3. The topological polar surface area (TPSA) is 66.3 Å². The van der Waals surface area contributed by atoms with Gasteiger partial charge in [-0.1, -0.05) is 6.08 Å². The van der Waals surface area contributed by atoms with Gasteiger partial charge in [0.2, 0.25) is 5.91 Å². The fourth-order valence-electron chi connectivity index (χ4n) is 2.93. The summed E-state index contributed by atoms with van der Waals surface area (Å²) in [6, 6.07) is 3.82. The third-order valence-corrected chi connectivity index (χ3v) is 3.75. The van der Waals surface area contributed by atoms with Crippen molar-refractivity contribution in [3.05, 3.63) is 35.8 Å². The number of halogens is 2.